The van der Waals surface area contributed by atoms with Crippen LogP contribution < -0.4 is 0 Å². The predicted octanol–water partition coefficient (Wildman–Crippen LogP) is 11.8. The van der Waals surface area contributed by atoms with Crippen molar-refractivity contribution < 1.29 is 19.5 Å². The molecular weight excluding hydrogens is 561 g/mol. The summed E-state index contributed by atoms with van der Waals surface area (Å²) >= 11 is 0. The first-order chi connectivity index (χ1) is 18.8. The summed E-state index contributed by atoms with van der Waals surface area (Å²) in [6, 6.07) is 8.92. The summed E-state index contributed by atoms with van der Waals surface area (Å²) in [4.78, 5) is 9.31. The van der Waals surface area contributed by atoms with Gasteiger partial charge in [-0.05, 0) is 61.1 Å². The van der Waals surface area contributed by atoms with E-state index in [2.05, 4.69) is 48.1 Å². The van der Waals surface area contributed by atoms with Crippen molar-refractivity contribution in [3.63, 3.8) is 0 Å². The van der Waals surface area contributed by atoms with Gasteiger partial charge in [0.15, 0.2) is 0 Å². The number of unbranched alkanes of at least 4 members (excludes halogenated alkanes) is 20. The third kappa shape index (κ3) is 18.8. The minimum atomic E-state index is 0. The van der Waals surface area contributed by atoms with Crippen LogP contribution >= 0.6 is 0 Å². The van der Waals surface area contributed by atoms with Crippen molar-refractivity contribution in [2.45, 2.75) is 168 Å². The first-order valence-corrected chi connectivity index (χ1v) is 16.7. The van der Waals surface area contributed by atoms with Crippen LogP contribution in [0.25, 0.3) is 11.4 Å². The molecule has 2 aromatic heterocycles. The molecule has 2 heterocycles. The zero-order chi connectivity index (χ0) is 26.9. The molecule has 0 aromatic carbocycles. The molecule has 0 fully saturated rings. The smallest absolute Gasteiger partial charge is 0.0888 e. The molecule has 0 aliphatic carbocycles. The summed E-state index contributed by atoms with van der Waals surface area (Å²) in [5.74, 6) is 0. The zero-order valence-electron chi connectivity index (χ0n) is 25.7. The maximum absolute atomic E-state index is 4.65. The molecule has 39 heavy (non-hydrogen) atoms. The molecule has 2 rings (SSSR count). The van der Waals surface area contributed by atoms with Crippen LogP contribution in [0.5, 0.6) is 0 Å². The molecule has 0 N–H and O–H groups in total. The van der Waals surface area contributed by atoms with Crippen molar-refractivity contribution in [1.82, 2.24) is 9.97 Å². The van der Waals surface area contributed by atoms with Crippen LogP contribution in [0.4, 0.5) is 0 Å². The van der Waals surface area contributed by atoms with Crippen LogP contribution in [0.2, 0.25) is 0 Å². The van der Waals surface area contributed by atoms with Crippen molar-refractivity contribution in [3.8, 4) is 11.4 Å². The average Bonchev–Trinajstić information content (AvgIpc) is 2.95. The van der Waals surface area contributed by atoms with E-state index in [0.717, 1.165) is 24.2 Å². The number of nitrogens with zero attached hydrogens (tertiary/aromatic N) is 2. The minimum absolute atomic E-state index is 0. The van der Waals surface area contributed by atoms with Crippen LogP contribution in [-0.4, -0.2) is 9.97 Å². The molecule has 0 spiro atoms. The molecule has 0 unspecified atom stereocenters. The Morgan fingerprint density at radius 1 is 0.410 bits per heavy atom. The Hall–Kier alpha value is -1.08. The predicted molar refractivity (Wildman–Crippen MR) is 168 cm³/mol. The largest absolute Gasteiger partial charge is 0.255 e. The molecular formula is C36H60N2Ru. The van der Waals surface area contributed by atoms with Crippen molar-refractivity contribution >= 4 is 0 Å². The molecule has 3 heteroatoms. The van der Waals surface area contributed by atoms with Gasteiger partial charge < -0.3 is 0 Å². The Balaban J connectivity index is 0.00000760. The third-order valence-electron chi connectivity index (χ3n) is 8.05. The molecule has 222 valence electrons. The fraction of sp³-hybridized carbons (Fsp3) is 0.722. The van der Waals surface area contributed by atoms with Crippen molar-refractivity contribution in [3.05, 3.63) is 47.8 Å². The minimum Gasteiger partial charge on any atom is -0.255 e. The van der Waals surface area contributed by atoms with Gasteiger partial charge in [-0.3, -0.25) is 9.97 Å². The van der Waals surface area contributed by atoms with Gasteiger partial charge in [0.1, 0.15) is 0 Å². The van der Waals surface area contributed by atoms with E-state index >= 15 is 0 Å². The quantitative estimate of drug-likeness (QED) is 0.0814. The third-order valence-corrected chi connectivity index (χ3v) is 8.05. The van der Waals surface area contributed by atoms with Gasteiger partial charge in [-0.25, -0.2) is 0 Å². The molecule has 0 saturated heterocycles. The molecule has 2 nitrogen and oxygen atoms in total. The summed E-state index contributed by atoms with van der Waals surface area (Å²) in [5, 5.41) is 0. The van der Waals surface area contributed by atoms with Crippen LogP contribution in [-0.2, 0) is 32.3 Å². The monoisotopic (exact) mass is 622 g/mol. The van der Waals surface area contributed by atoms with E-state index in [1.807, 2.05) is 12.4 Å². The average molecular weight is 622 g/mol. The second kappa shape index (κ2) is 25.9. The van der Waals surface area contributed by atoms with Crippen molar-refractivity contribution in [2.24, 2.45) is 0 Å². The number of rotatable bonds is 25. The number of aromatic nitrogens is 2. The topological polar surface area (TPSA) is 25.8 Å². The summed E-state index contributed by atoms with van der Waals surface area (Å²) in [6.45, 7) is 4.59. The Bertz CT molecular complexity index is 739. The molecule has 0 saturated carbocycles. The second-order valence-corrected chi connectivity index (χ2v) is 11.7. The van der Waals surface area contributed by atoms with Crippen molar-refractivity contribution in [2.75, 3.05) is 0 Å². The van der Waals surface area contributed by atoms with Gasteiger partial charge in [-0.1, -0.05) is 142 Å². The Labute approximate surface area is 255 Å². The van der Waals surface area contributed by atoms with Gasteiger partial charge in [-0.15, -0.1) is 0 Å². The maximum atomic E-state index is 4.65. The summed E-state index contributed by atoms with van der Waals surface area (Å²) in [6.07, 6.45) is 37.0. The van der Waals surface area contributed by atoms with E-state index in [0.29, 0.717) is 0 Å². The Morgan fingerprint density at radius 3 is 1.00 bits per heavy atom. The summed E-state index contributed by atoms with van der Waals surface area (Å²) in [7, 11) is 0. The van der Waals surface area contributed by atoms with E-state index in [4.69, 9.17) is 0 Å². The maximum Gasteiger partial charge on any atom is 0.0888 e. The van der Waals surface area contributed by atoms with Crippen molar-refractivity contribution in [1.29, 1.82) is 0 Å². The van der Waals surface area contributed by atoms with E-state index in [-0.39, 0.29) is 19.5 Å². The number of aryl methyl sites for hydroxylation is 2. The molecule has 0 aliphatic rings. The number of pyridine rings is 2. The van der Waals surface area contributed by atoms with Gasteiger partial charge in [0, 0.05) is 31.9 Å². The molecule has 2 aromatic rings. The Morgan fingerprint density at radius 2 is 0.692 bits per heavy atom. The zero-order valence-corrected chi connectivity index (χ0v) is 27.4. The van der Waals surface area contributed by atoms with Crippen LogP contribution in [0.3, 0.4) is 0 Å². The van der Waals surface area contributed by atoms with Gasteiger partial charge >= 0.3 is 0 Å². The van der Waals surface area contributed by atoms with E-state index in [1.54, 1.807) is 0 Å². The fourth-order valence-corrected chi connectivity index (χ4v) is 5.53. The number of hydrogen-bond acceptors (Lipinski definition) is 2. The molecule has 0 aliphatic heterocycles. The van der Waals surface area contributed by atoms with E-state index in [9.17, 15) is 0 Å². The summed E-state index contributed by atoms with van der Waals surface area (Å²) in [5.41, 5.74) is 4.88. The van der Waals surface area contributed by atoms with E-state index in [1.165, 1.54) is 152 Å². The first-order valence-electron chi connectivity index (χ1n) is 16.7. The Kier molecular flexibility index (Phi) is 23.8. The van der Waals surface area contributed by atoms with Crippen LogP contribution in [0.15, 0.2) is 36.7 Å². The van der Waals surface area contributed by atoms with Gasteiger partial charge in [-0.2, -0.15) is 0 Å². The first kappa shape index (κ1) is 35.9. The van der Waals surface area contributed by atoms with Gasteiger partial charge in [0.05, 0.1) is 11.4 Å². The molecule has 0 bridgehead atoms. The molecule has 0 atom stereocenters. The van der Waals surface area contributed by atoms with Crippen LogP contribution in [0, 0.1) is 0 Å². The summed E-state index contributed by atoms with van der Waals surface area (Å²) < 4.78 is 0. The molecule has 0 amide bonds. The fourth-order valence-electron chi connectivity index (χ4n) is 5.53. The molecule has 0 radical (unpaired) electrons. The van der Waals surface area contributed by atoms with E-state index < -0.39 is 0 Å². The SMILES string of the molecule is CCCCCCCCCCCCCc1ccnc(-c2cc(CCCCCCCCCCCCC)ccn2)c1.[Ru]. The second-order valence-electron chi connectivity index (χ2n) is 11.7. The normalized spacial score (nSPS) is 11.0. The number of hydrogen-bond donors (Lipinski definition) is 0. The van der Waals surface area contributed by atoms with Crippen LogP contribution in [0.1, 0.15) is 166 Å². The van der Waals surface area contributed by atoms with Gasteiger partial charge in [0.2, 0.25) is 0 Å². The standard InChI is InChI=1S/C36H60N2.Ru/c1-3-5-7-9-11-13-15-17-19-21-23-25-33-27-29-37-35(31-33)36-32-34(28-30-38-36)26-24-22-20-18-16-14-12-10-8-6-4-2;/h27-32H,3-26H2,1-2H3;. The van der Waals surface area contributed by atoms with Gasteiger partial charge in [0.25, 0.3) is 0 Å².